The molecule has 86 valence electrons. The van der Waals surface area contributed by atoms with Crippen molar-refractivity contribution in [3.05, 3.63) is 0 Å². The topological polar surface area (TPSA) is 6.48 Å². The van der Waals surface area contributed by atoms with Gasteiger partial charge >= 0.3 is 0 Å². The van der Waals surface area contributed by atoms with Gasteiger partial charge in [0.1, 0.15) is 0 Å². The Balaban J connectivity index is 0.00000169. The minimum atomic E-state index is 0. The Kier molecular flexibility index (Phi) is 9.70. The van der Waals surface area contributed by atoms with Gasteiger partial charge in [-0.3, -0.25) is 0 Å². The van der Waals surface area contributed by atoms with Gasteiger partial charge in [0.25, 0.3) is 0 Å². The molecule has 2 nitrogen and oxygen atoms in total. The molecule has 1 saturated heterocycles. The van der Waals surface area contributed by atoms with E-state index in [1.165, 1.54) is 52.0 Å². The number of nitrogens with zero attached hydrogens (tertiary/aromatic N) is 2. The number of hydrogen-bond acceptors (Lipinski definition) is 2. The molecular weight excluding hydrogens is 308 g/mol. The van der Waals surface area contributed by atoms with Gasteiger partial charge in [-0.15, -0.1) is 17.0 Å². The smallest absolute Gasteiger partial charge is 0.0110 e. The summed E-state index contributed by atoms with van der Waals surface area (Å²) in [5, 5.41) is 1.16. The average Bonchev–Trinajstić information content (AvgIpc) is 2.15. The first kappa shape index (κ1) is 14.9. The van der Waals surface area contributed by atoms with E-state index < -0.39 is 0 Å². The van der Waals surface area contributed by atoms with Crippen molar-refractivity contribution in [3.8, 4) is 0 Å². The van der Waals surface area contributed by atoms with E-state index in [1.807, 2.05) is 0 Å². The fourth-order valence-corrected chi connectivity index (χ4v) is 2.07. The molecule has 1 heterocycles. The first-order valence-electron chi connectivity index (χ1n) is 5.30. The Morgan fingerprint density at radius 3 is 2.21 bits per heavy atom. The molecule has 0 N–H and O–H groups in total. The van der Waals surface area contributed by atoms with E-state index in [4.69, 9.17) is 0 Å². The molecular formula is C10H22Br2N2. The SMILES string of the molecule is Br.CN1CCN(CCCCCBr)CC1. The summed E-state index contributed by atoms with van der Waals surface area (Å²) in [6.45, 7) is 6.34. The monoisotopic (exact) mass is 328 g/mol. The van der Waals surface area contributed by atoms with Gasteiger partial charge in [-0.1, -0.05) is 22.4 Å². The number of piperazine rings is 1. The lowest BCUT2D eigenvalue weighted by Gasteiger charge is -2.32. The molecule has 0 bridgehead atoms. The summed E-state index contributed by atoms with van der Waals surface area (Å²) >= 11 is 3.46. The number of alkyl halides is 1. The van der Waals surface area contributed by atoms with E-state index in [9.17, 15) is 0 Å². The lowest BCUT2D eigenvalue weighted by atomic mass is 10.2. The normalized spacial score (nSPS) is 19.3. The Bertz CT molecular complexity index is 125. The molecule has 14 heavy (non-hydrogen) atoms. The lowest BCUT2D eigenvalue weighted by molar-refractivity contribution is 0.152. The summed E-state index contributed by atoms with van der Waals surface area (Å²) in [5.74, 6) is 0. The van der Waals surface area contributed by atoms with Crippen molar-refractivity contribution in [2.45, 2.75) is 19.3 Å². The van der Waals surface area contributed by atoms with Crippen LogP contribution in [-0.2, 0) is 0 Å². The van der Waals surface area contributed by atoms with Crippen LogP contribution < -0.4 is 0 Å². The van der Waals surface area contributed by atoms with Crippen molar-refractivity contribution in [2.24, 2.45) is 0 Å². The van der Waals surface area contributed by atoms with Crippen molar-refractivity contribution in [2.75, 3.05) is 45.1 Å². The van der Waals surface area contributed by atoms with Crippen molar-refractivity contribution >= 4 is 32.9 Å². The first-order valence-corrected chi connectivity index (χ1v) is 6.42. The third-order valence-corrected chi connectivity index (χ3v) is 3.26. The highest BCUT2D eigenvalue weighted by Gasteiger charge is 2.12. The lowest BCUT2D eigenvalue weighted by Crippen LogP contribution is -2.44. The molecule has 0 aliphatic carbocycles. The van der Waals surface area contributed by atoms with E-state index in [2.05, 4.69) is 32.8 Å². The molecule has 0 aromatic rings. The maximum absolute atomic E-state index is 3.46. The molecule has 0 radical (unpaired) electrons. The van der Waals surface area contributed by atoms with Crippen LogP contribution in [0.5, 0.6) is 0 Å². The molecule has 0 atom stereocenters. The van der Waals surface area contributed by atoms with E-state index >= 15 is 0 Å². The van der Waals surface area contributed by atoms with Gasteiger partial charge in [0, 0.05) is 31.5 Å². The third-order valence-electron chi connectivity index (χ3n) is 2.70. The zero-order chi connectivity index (χ0) is 9.52. The summed E-state index contributed by atoms with van der Waals surface area (Å²) in [4.78, 5) is 5.00. The second kappa shape index (κ2) is 9.13. The highest BCUT2D eigenvalue weighted by Crippen LogP contribution is 2.04. The van der Waals surface area contributed by atoms with Gasteiger partial charge in [-0.2, -0.15) is 0 Å². The van der Waals surface area contributed by atoms with Gasteiger partial charge in [-0.25, -0.2) is 0 Å². The largest absolute Gasteiger partial charge is 0.304 e. The summed E-state index contributed by atoms with van der Waals surface area (Å²) < 4.78 is 0. The summed E-state index contributed by atoms with van der Waals surface area (Å²) in [6, 6.07) is 0. The van der Waals surface area contributed by atoms with Crippen LogP contribution in [0.2, 0.25) is 0 Å². The molecule has 1 aliphatic heterocycles. The van der Waals surface area contributed by atoms with Crippen LogP contribution in [0.15, 0.2) is 0 Å². The summed E-state index contributed by atoms with van der Waals surface area (Å²) in [5.41, 5.74) is 0. The molecule has 0 aromatic carbocycles. The molecule has 0 spiro atoms. The Labute approximate surface area is 107 Å². The highest BCUT2D eigenvalue weighted by atomic mass is 79.9. The van der Waals surface area contributed by atoms with Crippen LogP contribution in [0.3, 0.4) is 0 Å². The van der Waals surface area contributed by atoms with E-state index in [-0.39, 0.29) is 17.0 Å². The Morgan fingerprint density at radius 1 is 1.00 bits per heavy atom. The fourth-order valence-electron chi connectivity index (χ4n) is 1.68. The number of hydrogen-bond donors (Lipinski definition) is 0. The minimum absolute atomic E-state index is 0. The van der Waals surface area contributed by atoms with Crippen LogP contribution in [0.25, 0.3) is 0 Å². The average molecular weight is 330 g/mol. The number of unbranched alkanes of at least 4 members (excludes halogenated alkanes) is 2. The standard InChI is InChI=1S/C10H21BrN2.BrH/c1-12-7-9-13(10-8-12)6-4-2-3-5-11;/h2-10H2,1H3;1H. The fraction of sp³-hybridized carbons (Fsp3) is 1.00. The van der Waals surface area contributed by atoms with E-state index in [1.54, 1.807) is 0 Å². The molecule has 1 rings (SSSR count). The zero-order valence-corrected chi connectivity index (χ0v) is 12.3. The van der Waals surface area contributed by atoms with Crippen LogP contribution >= 0.6 is 32.9 Å². The van der Waals surface area contributed by atoms with Gasteiger partial charge in [0.05, 0.1) is 0 Å². The van der Waals surface area contributed by atoms with Crippen LogP contribution in [0.1, 0.15) is 19.3 Å². The minimum Gasteiger partial charge on any atom is -0.304 e. The quantitative estimate of drug-likeness (QED) is 0.564. The summed E-state index contributed by atoms with van der Waals surface area (Å²) in [6.07, 6.45) is 4.07. The Morgan fingerprint density at radius 2 is 1.64 bits per heavy atom. The summed E-state index contributed by atoms with van der Waals surface area (Å²) in [7, 11) is 2.21. The molecule has 0 unspecified atom stereocenters. The molecule has 1 aliphatic rings. The van der Waals surface area contributed by atoms with Crippen molar-refractivity contribution in [1.82, 2.24) is 9.80 Å². The van der Waals surface area contributed by atoms with Gasteiger partial charge in [-0.05, 0) is 26.4 Å². The maximum atomic E-state index is 3.46. The van der Waals surface area contributed by atoms with Crippen molar-refractivity contribution < 1.29 is 0 Å². The van der Waals surface area contributed by atoms with Gasteiger partial charge in [0.2, 0.25) is 0 Å². The van der Waals surface area contributed by atoms with E-state index in [0.29, 0.717) is 0 Å². The molecule has 0 saturated carbocycles. The van der Waals surface area contributed by atoms with E-state index in [0.717, 1.165) is 5.33 Å². The van der Waals surface area contributed by atoms with Crippen LogP contribution in [-0.4, -0.2) is 54.9 Å². The second-order valence-electron chi connectivity index (χ2n) is 3.89. The van der Waals surface area contributed by atoms with Crippen molar-refractivity contribution in [3.63, 3.8) is 0 Å². The van der Waals surface area contributed by atoms with Crippen LogP contribution in [0.4, 0.5) is 0 Å². The van der Waals surface area contributed by atoms with Gasteiger partial charge < -0.3 is 9.80 Å². The maximum Gasteiger partial charge on any atom is 0.0110 e. The molecule has 0 amide bonds. The number of halogens is 2. The third kappa shape index (κ3) is 6.38. The number of likely N-dealkylation sites (N-methyl/N-ethyl adjacent to an activating group) is 1. The Hall–Kier alpha value is 0.880. The number of rotatable bonds is 5. The zero-order valence-electron chi connectivity index (χ0n) is 9.04. The van der Waals surface area contributed by atoms with Crippen LogP contribution in [0, 0.1) is 0 Å². The second-order valence-corrected chi connectivity index (χ2v) is 4.69. The van der Waals surface area contributed by atoms with Gasteiger partial charge in [0.15, 0.2) is 0 Å². The first-order chi connectivity index (χ1) is 6.33. The van der Waals surface area contributed by atoms with Crippen molar-refractivity contribution in [1.29, 1.82) is 0 Å². The molecule has 0 aromatic heterocycles. The highest BCUT2D eigenvalue weighted by molar-refractivity contribution is 9.09. The molecule has 4 heteroatoms. The predicted molar refractivity (Wildman–Crippen MR) is 71.9 cm³/mol. The molecule has 1 fully saturated rings. The predicted octanol–water partition coefficient (Wildman–Crippen LogP) is 2.38.